The molecule has 3 aromatic rings. The number of amides is 1. The van der Waals surface area contributed by atoms with Gasteiger partial charge >= 0.3 is 6.18 Å². The molecule has 2 aromatic carbocycles. The van der Waals surface area contributed by atoms with Crippen molar-refractivity contribution in [3.8, 4) is 11.8 Å². The Morgan fingerprint density at radius 3 is 2.63 bits per heavy atom. The van der Waals surface area contributed by atoms with E-state index in [1.165, 1.54) is 12.1 Å². The summed E-state index contributed by atoms with van der Waals surface area (Å²) in [6, 6.07) is 12.6. The van der Waals surface area contributed by atoms with Gasteiger partial charge in [-0.05, 0) is 54.4 Å². The van der Waals surface area contributed by atoms with Gasteiger partial charge in [0, 0.05) is 67.5 Å². The molecule has 35 heavy (non-hydrogen) atoms. The fourth-order valence-corrected chi connectivity index (χ4v) is 3.84. The number of anilines is 1. The van der Waals surface area contributed by atoms with Crippen LogP contribution in [0, 0.1) is 18.8 Å². The number of halogens is 3. The maximum Gasteiger partial charge on any atom is 0.416 e. The molecule has 0 aliphatic carbocycles. The Morgan fingerprint density at radius 2 is 1.91 bits per heavy atom. The van der Waals surface area contributed by atoms with Crippen molar-refractivity contribution in [3.63, 3.8) is 0 Å². The van der Waals surface area contributed by atoms with Gasteiger partial charge in [-0.3, -0.25) is 14.7 Å². The van der Waals surface area contributed by atoms with Crippen LogP contribution in [0.15, 0.2) is 60.9 Å². The summed E-state index contributed by atoms with van der Waals surface area (Å²) in [4.78, 5) is 18.9. The lowest BCUT2D eigenvalue weighted by molar-refractivity contribution is -0.138. The second-order valence-corrected chi connectivity index (χ2v) is 8.37. The van der Waals surface area contributed by atoms with Crippen LogP contribution < -0.4 is 10.6 Å². The number of hydrogen-bond acceptors (Lipinski definition) is 4. The summed E-state index contributed by atoms with van der Waals surface area (Å²) in [7, 11) is 0. The minimum Gasteiger partial charge on any atom is -0.322 e. The monoisotopic (exact) mass is 478 g/mol. The van der Waals surface area contributed by atoms with Crippen molar-refractivity contribution in [3.05, 3.63) is 94.3 Å². The number of carbonyl (C=O) groups is 1. The van der Waals surface area contributed by atoms with Crippen molar-refractivity contribution in [2.24, 2.45) is 0 Å². The summed E-state index contributed by atoms with van der Waals surface area (Å²) in [5.41, 5.74) is 2.14. The Kier molecular flexibility index (Phi) is 7.49. The number of alkyl halides is 3. The highest BCUT2D eigenvalue weighted by atomic mass is 19.4. The molecule has 0 saturated carbocycles. The molecular formula is C27H25F3N4O. The fraction of sp³-hybridized carbons (Fsp3) is 0.259. The number of pyridine rings is 1. The summed E-state index contributed by atoms with van der Waals surface area (Å²) in [6.07, 6.45) is -1.23. The van der Waals surface area contributed by atoms with Gasteiger partial charge in [0.25, 0.3) is 5.91 Å². The van der Waals surface area contributed by atoms with Gasteiger partial charge in [-0.25, -0.2) is 0 Å². The van der Waals surface area contributed by atoms with Crippen molar-refractivity contribution < 1.29 is 18.0 Å². The fourth-order valence-electron chi connectivity index (χ4n) is 3.84. The van der Waals surface area contributed by atoms with Crippen LogP contribution in [0.1, 0.15) is 38.2 Å². The second-order valence-electron chi connectivity index (χ2n) is 8.37. The van der Waals surface area contributed by atoms with Crippen molar-refractivity contribution >= 4 is 11.6 Å². The van der Waals surface area contributed by atoms with E-state index in [9.17, 15) is 18.0 Å². The lowest BCUT2D eigenvalue weighted by atomic mass is 10.0. The Hall–Kier alpha value is -3.67. The lowest BCUT2D eigenvalue weighted by Crippen LogP contribution is -2.43. The van der Waals surface area contributed by atoms with Gasteiger partial charge in [0.05, 0.1) is 5.56 Å². The molecule has 1 saturated heterocycles. The molecule has 0 spiro atoms. The molecule has 0 bridgehead atoms. The number of carbonyl (C=O) groups excluding carboxylic acids is 1. The largest absolute Gasteiger partial charge is 0.416 e. The van der Waals surface area contributed by atoms with Crippen LogP contribution in [0.25, 0.3) is 0 Å². The lowest BCUT2D eigenvalue weighted by Gasteiger charge is -2.28. The van der Waals surface area contributed by atoms with E-state index >= 15 is 0 Å². The van der Waals surface area contributed by atoms with E-state index in [1.54, 1.807) is 36.7 Å². The summed E-state index contributed by atoms with van der Waals surface area (Å²) in [6.45, 7) is 4.97. The molecule has 1 aliphatic rings. The highest BCUT2D eigenvalue weighted by Crippen LogP contribution is 2.34. The third-order valence-corrected chi connectivity index (χ3v) is 5.78. The van der Waals surface area contributed by atoms with E-state index in [-0.39, 0.29) is 17.8 Å². The highest BCUT2D eigenvalue weighted by molar-refractivity contribution is 6.04. The molecule has 1 amide bonds. The zero-order valence-corrected chi connectivity index (χ0v) is 19.2. The molecular weight excluding hydrogens is 453 g/mol. The van der Waals surface area contributed by atoms with Gasteiger partial charge in [-0.1, -0.05) is 24.0 Å². The highest BCUT2D eigenvalue weighted by Gasteiger charge is 2.34. The molecule has 1 aliphatic heterocycles. The molecule has 1 aromatic heterocycles. The van der Waals surface area contributed by atoms with Crippen LogP contribution in [0.5, 0.6) is 0 Å². The first-order valence-corrected chi connectivity index (χ1v) is 11.3. The van der Waals surface area contributed by atoms with Crippen molar-refractivity contribution in [2.75, 3.05) is 31.5 Å². The smallest absolute Gasteiger partial charge is 0.322 e. The first-order valence-electron chi connectivity index (χ1n) is 11.3. The van der Waals surface area contributed by atoms with Crippen LogP contribution in [-0.4, -0.2) is 42.0 Å². The van der Waals surface area contributed by atoms with E-state index in [0.717, 1.165) is 30.3 Å². The summed E-state index contributed by atoms with van der Waals surface area (Å²) in [5.74, 6) is 5.54. The quantitative estimate of drug-likeness (QED) is 0.544. The average Bonchev–Trinajstić information content (AvgIpc) is 2.85. The number of nitrogens with one attached hydrogen (secondary N) is 2. The van der Waals surface area contributed by atoms with Crippen molar-refractivity contribution in [2.45, 2.75) is 19.6 Å². The Labute approximate surface area is 202 Å². The number of nitrogens with zero attached hydrogens (tertiary/aromatic N) is 2. The van der Waals surface area contributed by atoms with Crippen LogP contribution in [0.4, 0.5) is 18.9 Å². The minimum absolute atomic E-state index is 0.0926. The van der Waals surface area contributed by atoms with Crippen LogP contribution >= 0.6 is 0 Å². The van der Waals surface area contributed by atoms with Gasteiger partial charge in [0.1, 0.15) is 0 Å². The van der Waals surface area contributed by atoms with Gasteiger partial charge in [-0.15, -0.1) is 0 Å². The molecule has 2 heterocycles. The Morgan fingerprint density at radius 1 is 1.11 bits per heavy atom. The summed E-state index contributed by atoms with van der Waals surface area (Å²) >= 11 is 0. The SMILES string of the molecule is Cc1ccc(C(=O)Nc2ccc(CN3CCNCC3)c(C(F)(F)F)c2)cc1C#Cc1cccnc1. The van der Waals surface area contributed by atoms with E-state index in [1.807, 2.05) is 17.9 Å². The Bertz CT molecular complexity index is 1260. The van der Waals surface area contributed by atoms with Crippen LogP contribution in [0.3, 0.4) is 0 Å². The Balaban J connectivity index is 1.54. The number of aromatic nitrogens is 1. The van der Waals surface area contributed by atoms with Crippen molar-refractivity contribution in [1.29, 1.82) is 0 Å². The van der Waals surface area contributed by atoms with E-state index < -0.39 is 17.6 Å². The van der Waals surface area contributed by atoms with Gasteiger partial charge in [0.15, 0.2) is 0 Å². The van der Waals surface area contributed by atoms with Crippen LogP contribution in [0.2, 0.25) is 0 Å². The average molecular weight is 479 g/mol. The second kappa shape index (κ2) is 10.7. The molecule has 0 atom stereocenters. The van der Waals surface area contributed by atoms with E-state index in [0.29, 0.717) is 24.2 Å². The molecule has 4 rings (SSSR count). The predicted molar refractivity (Wildman–Crippen MR) is 129 cm³/mol. The number of hydrogen-bond donors (Lipinski definition) is 2. The maximum absolute atomic E-state index is 13.8. The first kappa shape index (κ1) is 24.5. The summed E-state index contributed by atoms with van der Waals surface area (Å²) in [5, 5.41) is 5.79. The zero-order chi connectivity index (χ0) is 24.8. The maximum atomic E-state index is 13.8. The number of rotatable bonds is 4. The topological polar surface area (TPSA) is 57.3 Å². The van der Waals surface area contributed by atoms with Gasteiger partial charge < -0.3 is 10.6 Å². The third-order valence-electron chi connectivity index (χ3n) is 5.78. The van der Waals surface area contributed by atoms with E-state index in [2.05, 4.69) is 27.5 Å². The van der Waals surface area contributed by atoms with E-state index in [4.69, 9.17) is 0 Å². The summed E-state index contributed by atoms with van der Waals surface area (Å²) < 4.78 is 41.4. The molecule has 180 valence electrons. The predicted octanol–water partition coefficient (Wildman–Crippen LogP) is 4.47. The minimum atomic E-state index is -4.52. The molecule has 1 fully saturated rings. The normalized spacial score (nSPS) is 14.2. The molecule has 5 nitrogen and oxygen atoms in total. The van der Waals surface area contributed by atoms with Gasteiger partial charge in [-0.2, -0.15) is 13.2 Å². The third kappa shape index (κ3) is 6.47. The first-order chi connectivity index (χ1) is 16.8. The van der Waals surface area contributed by atoms with Crippen LogP contribution in [-0.2, 0) is 12.7 Å². The number of piperazine rings is 1. The molecule has 2 N–H and O–H groups in total. The van der Waals surface area contributed by atoms with Crippen molar-refractivity contribution in [1.82, 2.24) is 15.2 Å². The molecule has 0 unspecified atom stereocenters. The molecule has 8 heteroatoms. The van der Waals surface area contributed by atoms with Gasteiger partial charge in [0.2, 0.25) is 0 Å². The number of benzene rings is 2. The number of aryl methyl sites for hydroxylation is 1. The standard InChI is InChI=1S/C27H25F3N4O/c1-19-4-6-22(15-21(19)7-5-20-3-2-10-32-17-20)26(35)33-24-9-8-23(25(16-24)27(28,29)30)18-34-13-11-31-12-14-34/h2-4,6,8-10,15-17,31H,11-14,18H2,1H3,(H,33,35). The zero-order valence-electron chi connectivity index (χ0n) is 19.2. The molecule has 0 radical (unpaired) electrons.